The molecule has 2 aliphatic rings. The second-order valence-corrected chi connectivity index (χ2v) is 10.5. The first-order valence-corrected chi connectivity index (χ1v) is 12.3. The number of alkyl carbamates (subject to hydrolysis) is 1. The number of nitrogens with one attached hydrogen (secondary N) is 1. The molecule has 1 aliphatic heterocycles. The molecular formula is C26H33N3O7. The van der Waals surface area contributed by atoms with E-state index < -0.39 is 41.6 Å². The summed E-state index contributed by atoms with van der Waals surface area (Å²) in [6.07, 6.45) is 7.13. The Kier molecular flexibility index (Phi) is 7.51. The van der Waals surface area contributed by atoms with Gasteiger partial charge in [0.15, 0.2) is 0 Å². The SMILES string of the molecule is CC(C)(C)[C@H](NC(=O)OC1CCCC1)C(=O)N1C[C@H](Oc2ccnc(-c3ccoc3)c2)C[C@H]1C(=O)O. The van der Waals surface area contributed by atoms with E-state index in [2.05, 4.69) is 10.3 Å². The molecule has 1 saturated heterocycles. The highest BCUT2D eigenvalue weighted by atomic mass is 16.6. The van der Waals surface area contributed by atoms with E-state index in [1.54, 1.807) is 36.9 Å². The van der Waals surface area contributed by atoms with E-state index in [1.165, 1.54) is 4.90 Å². The first kappa shape index (κ1) is 25.5. The maximum Gasteiger partial charge on any atom is 0.408 e. The average molecular weight is 500 g/mol. The second kappa shape index (κ2) is 10.6. The number of aromatic nitrogens is 1. The Bertz CT molecular complexity index is 1070. The number of carboxylic acids is 1. The van der Waals surface area contributed by atoms with E-state index in [0.29, 0.717) is 11.4 Å². The largest absolute Gasteiger partial charge is 0.488 e. The number of rotatable bonds is 7. The predicted octanol–water partition coefficient (Wildman–Crippen LogP) is 3.86. The first-order chi connectivity index (χ1) is 17.1. The monoisotopic (exact) mass is 499 g/mol. The Labute approximate surface area is 210 Å². The number of aliphatic carboxylic acids is 1. The van der Waals surface area contributed by atoms with Crippen LogP contribution in [0.15, 0.2) is 41.3 Å². The minimum Gasteiger partial charge on any atom is -0.488 e. The molecule has 2 aromatic rings. The highest BCUT2D eigenvalue weighted by Gasteiger charge is 2.46. The number of furan rings is 1. The van der Waals surface area contributed by atoms with Gasteiger partial charge in [0.05, 0.1) is 24.8 Å². The third-order valence-electron chi connectivity index (χ3n) is 6.63. The third-order valence-corrected chi connectivity index (χ3v) is 6.63. The van der Waals surface area contributed by atoms with E-state index in [0.717, 1.165) is 31.2 Å². The first-order valence-electron chi connectivity index (χ1n) is 12.3. The molecule has 0 bridgehead atoms. The molecular weight excluding hydrogens is 466 g/mol. The lowest BCUT2D eigenvalue weighted by Gasteiger charge is -2.34. The molecule has 0 radical (unpaired) electrons. The minimum atomic E-state index is -1.12. The number of hydrogen-bond donors (Lipinski definition) is 2. The van der Waals surface area contributed by atoms with Gasteiger partial charge in [-0.15, -0.1) is 0 Å². The van der Waals surface area contributed by atoms with Gasteiger partial charge in [0.1, 0.15) is 30.0 Å². The molecule has 3 heterocycles. The Balaban J connectivity index is 1.47. The van der Waals surface area contributed by atoms with Gasteiger partial charge in [-0.05, 0) is 43.2 Å². The van der Waals surface area contributed by atoms with E-state index in [-0.39, 0.29) is 19.1 Å². The standard InChI is InChI=1S/C26H33N3O7/c1-26(2,3)22(28-25(33)36-17-6-4-5-7-17)23(30)29-14-19(13-21(29)24(31)32)35-18-8-10-27-20(12-18)16-9-11-34-15-16/h8-12,15,17,19,21-22H,4-7,13-14H2,1-3H3,(H,28,33)(H,31,32)/t19-,21+,22-/m1/s1. The summed E-state index contributed by atoms with van der Waals surface area (Å²) < 4.78 is 16.7. The van der Waals surface area contributed by atoms with Gasteiger partial charge in [-0.3, -0.25) is 9.78 Å². The molecule has 194 valence electrons. The zero-order chi connectivity index (χ0) is 25.9. The van der Waals surface area contributed by atoms with Gasteiger partial charge in [-0.1, -0.05) is 20.8 Å². The van der Waals surface area contributed by atoms with Crippen LogP contribution in [0, 0.1) is 5.41 Å². The smallest absolute Gasteiger partial charge is 0.408 e. The summed E-state index contributed by atoms with van der Waals surface area (Å²) in [5.74, 6) is -1.09. The van der Waals surface area contributed by atoms with Gasteiger partial charge < -0.3 is 29.2 Å². The molecule has 0 unspecified atom stereocenters. The molecule has 0 spiro atoms. The maximum absolute atomic E-state index is 13.6. The Morgan fingerprint density at radius 2 is 1.94 bits per heavy atom. The fourth-order valence-corrected chi connectivity index (χ4v) is 4.73. The van der Waals surface area contributed by atoms with Gasteiger partial charge in [0.25, 0.3) is 0 Å². The van der Waals surface area contributed by atoms with Crippen molar-refractivity contribution in [3.05, 3.63) is 36.9 Å². The molecule has 3 atom stereocenters. The van der Waals surface area contributed by atoms with Gasteiger partial charge in [0, 0.05) is 24.2 Å². The van der Waals surface area contributed by atoms with E-state index in [1.807, 2.05) is 20.8 Å². The zero-order valence-corrected chi connectivity index (χ0v) is 20.8. The van der Waals surface area contributed by atoms with Crippen LogP contribution in [-0.4, -0.2) is 63.8 Å². The van der Waals surface area contributed by atoms with Crippen molar-refractivity contribution in [2.45, 2.75) is 77.2 Å². The van der Waals surface area contributed by atoms with Crippen molar-refractivity contribution in [3.8, 4) is 17.0 Å². The number of pyridine rings is 1. The molecule has 2 N–H and O–H groups in total. The van der Waals surface area contributed by atoms with Crippen LogP contribution in [0.5, 0.6) is 5.75 Å². The lowest BCUT2D eigenvalue weighted by molar-refractivity contribution is -0.150. The Hall–Kier alpha value is -3.56. The summed E-state index contributed by atoms with van der Waals surface area (Å²) in [4.78, 5) is 43.8. The van der Waals surface area contributed by atoms with Crippen molar-refractivity contribution in [3.63, 3.8) is 0 Å². The highest BCUT2D eigenvalue weighted by molar-refractivity contribution is 5.90. The van der Waals surface area contributed by atoms with E-state index in [4.69, 9.17) is 13.9 Å². The Morgan fingerprint density at radius 1 is 1.19 bits per heavy atom. The number of amides is 2. The van der Waals surface area contributed by atoms with Crippen molar-refractivity contribution in [2.75, 3.05) is 6.54 Å². The van der Waals surface area contributed by atoms with Crippen LogP contribution in [-0.2, 0) is 14.3 Å². The summed E-state index contributed by atoms with van der Waals surface area (Å²) >= 11 is 0. The number of carboxylic acid groups (broad SMARTS) is 1. The zero-order valence-electron chi connectivity index (χ0n) is 20.8. The summed E-state index contributed by atoms with van der Waals surface area (Å²) in [6.45, 7) is 5.53. The van der Waals surface area contributed by atoms with E-state index in [9.17, 15) is 19.5 Å². The van der Waals surface area contributed by atoms with E-state index >= 15 is 0 Å². The third kappa shape index (κ3) is 5.98. The number of carbonyl (C=O) groups is 3. The average Bonchev–Trinajstić information content (AvgIpc) is 3.58. The summed E-state index contributed by atoms with van der Waals surface area (Å²) in [7, 11) is 0. The minimum absolute atomic E-state index is 0.0745. The van der Waals surface area contributed by atoms with Crippen molar-refractivity contribution in [1.82, 2.24) is 15.2 Å². The van der Waals surface area contributed by atoms with Gasteiger partial charge >= 0.3 is 12.1 Å². The van der Waals surface area contributed by atoms with Crippen LogP contribution in [0.25, 0.3) is 11.3 Å². The molecule has 0 aromatic carbocycles. The van der Waals surface area contributed by atoms with Crippen LogP contribution in [0.4, 0.5) is 4.79 Å². The fourth-order valence-electron chi connectivity index (χ4n) is 4.73. The molecule has 1 aliphatic carbocycles. The molecule has 2 amide bonds. The molecule has 36 heavy (non-hydrogen) atoms. The number of hydrogen-bond acceptors (Lipinski definition) is 7. The highest BCUT2D eigenvalue weighted by Crippen LogP contribution is 2.30. The van der Waals surface area contributed by atoms with Crippen LogP contribution >= 0.6 is 0 Å². The second-order valence-electron chi connectivity index (χ2n) is 10.5. The van der Waals surface area contributed by atoms with Gasteiger partial charge in [0.2, 0.25) is 5.91 Å². The molecule has 2 aromatic heterocycles. The molecule has 4 rings (SSSR count). The van der Waals surface area contributed by atoms with Crippen LogP contribution in [0.1, 0.15) is 52.9 Å². The van der Waals surface area contributed by atoms with Crippen molar-refractivity contribution in [1.29, 1.82) is 0 Å². The molecule has 10 nitrogen and oxygen atoms in total. The van der Waals surface area contributed by atoms with Crippen LogP contribution in [0.3, 0.4) is 0 Å². The number of ether oxygens (including phenoxy) is 2. The Morgan fingerprint density at radius 3 is 2.58 bits per heavy atom. The van der Waals surface area contributed by atoms with Crippen molar-refractivity contribution in [2.24, 2.45) is 5.41 Å². The fraction of sp³-hybridized carbons (Fsp3) is 0.538. The van der Waals surface area contributed by atoms with Crippen molar-refractivity contribution < 1.29 is 33.4 Å². The molecule has 10 heteroatoms. The maximum atomic E-state index is 13.6. The van der Waals surface area contributed by atoms with Gasteiger partial charge in [-0.2, -0.15) is 0 Å². The lowest BCUT2D eigenvalue weighted by atomic mass is 9.85. The summed E-state index contributed by atoms with van der Waals surface area (Å²) in [5.41, 5.74) is 0.772. The normalized spacial score (nSPS) is 21.2. The van der Waals surface area contributed by atoms with Crippen LogP contribution < -0.4 is 10.1 Å². The number of likely N-dealkylation sites (tertiary alicyclic amines) is 1. The van der Waals surface area contributed by atoms with Gasteiger partial charge in [-0.25, -0.2) is 9.59 Å². The quantitative estimate of drug-likeness (QED) is 0.587. The van der Waals surface area contributed by atoms with Crippen LogP contribution in [0.2, 0.25) is 0 Å². The number of nitrogens with zero attached hydrogens (tertiary/aromatic N) is 2. The topological polar surface area (TPSA) is 131 Å². The predicted molar refractivity (Wildman–Crippen MR) is 129 cm³/mol. The molecule has 2 fully saturated rings. The summed E-state index contributed by atoms with van der Waals surface area (Å²) in [5, 5.41) is 12.6. The van der Waals surface area contributed by atoms with Crippen molar-refractivity contribution >= 4 is 18.0 Å². The molecule has 1 saturated carbocycles. The lowest BCUT2D eigenvalue weighted by Crippen LogP contribution is -2.57. The summed E-state index contributed by atoms with van der Waals surface area (Å²) in [6, 6.07) is 3.17. The number of carbonyl (C=O) groups excluding carboxylic acids is 2.